The number of ether oxygens (including phenoxy) is 2. The van der Waals surface area contributed by atoms with Gasteiger partial charge in [0.1, 0.15) is 5.75 Å². The van der Waals surface area contributed by atoms with E-state index in [1.807, 2.05) is 18.2 Å². The van der Waals surface area contributed by atoms with Gasteiger partial charge in [-0.25, -0.2) is 0 Å². The normalized spacial score (nSPS) is 11.2. The second-order valence-corrected chi connectivity index (χ2v) is 6.95. The van der Waals surface area contributed by atoms with E-state index in [4.69, 9.17) is 9.47 Å². The summed E-state index contributed by atoms with van der Waals surface area (Å²) < 4.78 is 12.4. The molecule has 26 heavy (non-hydrogen) atoms. The molecule has 1 aromatic heterocycles. The Balaban J connectivity index is 2.09. The Morgan fingerprint density at radius 2 is 2.00 bits per heavy atom. The van der Waals surface area contributed by atoms with Crippen molar-refractivity contribution in [2.75, 3.05) is 27.3 Å². The molecule has 1 aromatic carbocycles. The van der Waals surface area contributed by atoms with E-state index in [1.165, 1.54) is 18.4 Å². The van der Waals surface area contributed by atoms with Crippen LogP contribution in [-0.4, -0.2) is 42.7 Å². The maximum Gasteiger partial charge on any atom is 0.319 e. The molecule has 0 spiro atoms. The zero-order valence-corrected chi connectivity index (χ0v) is 16.3. The Kier molecular flexibility index (Phi) is 7.73. The van der Waals surface area contributed by atoms with E-state index in [0.717, 1.165) is 31.8 Å². The Morgan fingerprint density at radius 3 is 2.69 bits per heavy atom. The monoisotopic (exact) mass is 358 g/mol. The summed E-state index contributed by atoms with van der Waals surface area (Å²) in [5.41, 5.74) is 2.36. The number of aromatic nitrogens is 1. The van der Waals surface area contributed by atoms with Crippen LogP contribution in [0.5, 0.6) is 5.75 Å². The molecular weight excluding hydrogens is 328 g/mol. The average molecular weight is 358 g/mol. The third kappa shape index (κ3) is 6.23. The Bertz CT molecular complexity index is 694. The topological polar surface area (TPSA) is 43.7 Å². The molecule has 0 aliphatic rings. The number of carbonyl (C=O) groups excluding carboxylic acids is 1. The molecule has 0 aliphatic carbocycles. The summed E-state index contributed by atoms with van der Waals surface area (Å²) in [4.78, 5) is 13.9. The largest absolute Gasteiger partial charge is 0.497 e. The van der Waals surface area contributed by atoms with Crippen molar-refractivity contribution < 1.29 is 14.3 Å². The first-order chi connectivity index (χ1) is 12.5. The summed E-state index contributed by atoms with van der Waals surface area (Å²) in [7, 11) is 3.12. The van der Waals surface area contributed by atoms with Gasteiger partial charge in [-0.05, 0) is 48.7 Å². The highest BCUT2D eigenvalue weighted by atomic mass is 16.5. The van der Waals surface area contributed by atoms with Gasteiger partial charge in [-0.2, -0.15) is 0 Å². The Hall–Kier alpha value is -2.27. The van der Waals surface area contributed by atoms with E-state index < -0.39 is 0 Å². The van der Waals surface area contributed by atoms with Gasteiger partial charge >= 0.3 is 5.97 Å². The molecular formula is C21H30N2O3. The molecule has 142 valence electrons. The number of benzene rings is 1. The number of hydrogen-bond acceptors (Lipinski definition) is 4. The summed E-state index contributed by atoms with van der Waals surface area (Å²) in [5.74, 6) is 1.26. The average Bonchev–Trinajstić information content (AvgIpc) is 3.06. The van der Waals surface area contributed by atoms with Crippen molar-refractivity contribution in [3.63, 3.8) is 0 Å². The van der Waals surface area contributed by atoms with Crippen LogP contribution in [0.15, 0.2) is 42.6 Å². The van der Waals surface area contributed by atoms with E-state index in [-0.39, 0.29) is 5.97 Å². The fraction of sp³-hybridized carbons (Fsp3) is 0.476. The van der Waals surface area contributed by atoms with Gasteiger partial charge in [-0.1, -0.05) is 26.0 Å². The summed E-state index contributed by atoms with van der Waals surface area (Å²) in [6.07, 6.45) is 3.13. The van der Waals surface area contributed by atoms with Gasteiger partial charge in [-0.3, -0.25) is 9.69 Å². The predicted molar refractivity (Wildman–Crippen MR) is 103 cm³/mol. The first kappa shape index (κ1) is 20.0. The van der Waals surface area contributed by atoms with Crippen LogP contribution < -0.4 is 4.74 Å². The molecule has 1 heterocycles. The number of nitrogens with zero attached hydrogens (tertiary/aromatic N) is 2. The zero-order valence-electron chi connectivity index (χ0n) is 16.3. The minimum Gasteiger partial charge on any atom is -0.497 e. The molecule has 0 unspecified atom stereocenters. The van der Waals surface area contributed by atoms with Gasteiger partial charge in [-0.15, -0.1) is 0 Å². The van der Waals surface area contributed by atoms with E-state index in [9.17, 15) is 4.79 Å². The fourth-order valence-corrected chi connectivity index (χ4v) is 2.85. The molecule has 0 saturated carbocycles. The molecule has 2 aromatic rings. The number of methoxy groups -OCH3 is 2. The highest BCUT2D eigenvalue weighted by Crippen LogP contribution is 2.16. The van der Waals surface area contributed by atoms with Crippen LogP contribution >= 0.6 is 0 Å². The van der Waals surface area contributed by atoms with Crippen LogP contribution in [0.3, 0.4) is 0 Å². The first-order valence-corrected chi connectivity index (χ1v) is 9.08. The van der Waals surface area contributed by atoms with E-state index in [0.29, 0.717) is 12.5 Å². The van der Waals surface area contributed by atoms with Crippen molar-refractivity contribution in [3.05, 3.63) is 53.9 Å². The molecule has 2 rings (SSSR count). The SMILES string of the molecule is COC(=O)CN(CCC(C)C)Cc1cccn1Cc1cccc(OC)c1. The summed E-state index contributed by atoms with van der Waals surface area (Å²) in [5, 5.41) is 0. The minimum absolute atomic E-state index is 0.195. The lowest BCUT2D eigenvalue weighted by Gasteiger charge is -2.23. The van der Waals surface area contributed by atoms with Crippen LogP contribution in [0.4, 0.5) is 0 Å². The minimum atomic E-state index is -0.195. The van der Waals surface area contributed by atoms with Crippen LogP contribution in [0.25, 0.3) is 0 Å². The molecule has 0 bridgehead atoms. The fourth-order valence-electron chi connectivity index (χ4n) is 2.85. The van der Waals surface area contributed by atoms with Gasteiger partial charge in [0.15, 0.2) is 0 Å². The van der Waals surface area contributed by atoms with Gasteiger partial charge in [0.2, 0.25) is 0 Å². The lowest BCUT2D eigenvalue weighted by molar-refractivity contribution is -0.142. The maximum atomic E-state index is 11.8. The summed E-state index contributed by atoms with van der Waals surface area (Å²) in [6, 6.07) is 12.3. The van der Waals surface area contributed by atoms with Crippen molar-refractivity contribution >= 4 is 5.97 Å². The van der Waals surface area contributed by atoms with Gasteiger partial charge < -0.3 is 14.0 Å². The zero-order chi connectivity index (χ0) is 18.9. The third-order valence-electron chi connectivity index (χ3n) is 4.40. The molecule has 0 atom stereocenters. The molecule has 5 heteroatoms. The standard InChI is InChI=1S/C21H30N2O3/c1-17(2)10-12-22(16-21(24)26-4)15-19-8-6-11-23(19)14-18-7-5-9-20(13-18)25-3/h5-9,11,13,17H,10,12,14-16H2,1-4H3. The smallest absolute Gasteiger partial charge is 0.319 e. The highest BCUT2D eigenvalue weighted by Gasteiger charge is 2.14. The second kappa shape index (κ2) is 10.0. The van der Waals surface area contributed by atoms with Crippen molar-refractivity contribution in [1.82, 2.24) is 9.47 Å². The molecule has 0 radical (unpaired) electrons. The third-order valence-corrected chi connectivity index (χ3v) is 4.40. The molecule has 0 fully saturated rings. The maximum absolute atomic E-state index is 11.8. The van der Waals surface area contributed by atoms with Gasteiger partial charge in [0.05, 0.1) is 20.8 Å². The molecule has 5 nitrogen and oxygen atoms in total. The van der Waals surface area contributed by atoms with Crippen LogP contribution in [0, 0.1) is 5.92 Å². The number of carbonyl (C=O) groups is 1. The van der Waals surface area contributed by atoms with Gasteiger partial charge in [0, 0.05) is 25.0 Å². The van der Waals surface area contributed by atoms with Gasteiger partial charge in [0.25, 0.3) is 0 Å². The molecule has 0 N–H and O–H groups in total. The number of hydrogen-bond donors (Lipinski definition) is 0. The van der Waals surface area contributed by atoms with E-state index in [1.54, 1.807) is 7.11 Å². The number of rotatable bonds is 10. The summed E-state index contributed by atoms with van der Waals surface area (Å²) >= 11 is 0. The lowest BCUT2D eigenvalue weighted by atomic mass is 10.1. The van der Waals surface area contributed by atoms with E-state index in [2.05, 4.69) is 47.7 Å². The molecule has 0 aliphatic heterocycles. The second-order valence-electron chi connectivity index (χ2n) is 6.95. The van der Waals surface area contributed by atoms with E-state index >= 15 is 0 Å². The molecule has 0 saturated heterocycles. The van der Waals surface area contributed by atoms with Crippen LogP contribution in [0.2, 0.25) is 0 Å². The summed E-state index contributed by atoms with van der Waals surface area (Å²) in [6.45, 7) is 7.07. The lowest BCUT2D eigenvalue weighted by Crippen LogP contribution is -2.32. The molecule has 0 amide bonds. The predicted octanol–water partition coefficient (Wildman–Crippen LogP) is 3.57. The highest BCUT2D eigenvalue weighted by molar-refractivity contribution is 5.71. The van der Waals surface area contributed by atoms with Crippen LogP contribution in [-0.2, 0) is 22.6 Å². The number of esters is 1. The van der Waals surface area contributed by atoms with Crippen molar-refractivity contribution in [3.8, 4) is 5.75 Å². The Morgan fingerprint density at radius 1 is 1.19 bits per heavy atom. The van der Waals surface area contributed by atoms with Crippen molar-refractivity contribution in [2.24, 2.45) is 5.92 Å². The van der Waals surface area contributed by atoms with Crippen molar-refractivity contribution in [1.29, 1.82) is 0 Å². The van der Waals surface area contributed by atoms with Crippen LogP contribution in [0.1, 0.15) is 31.5 Å². The Labute approximate surface area is 156 Å². The van der Waals surface area contributed by atoms with Crippen molar-refractivity contribution in [2.45, 2.75) is 33.4 Å². The quantitative estimate of drug-likeness (QED) is 0.609. The first-order valence-electron chi connectivity index (χ1n) is 9.08.